The largest absolute Gasteiger partial charge is 0.305 e. The fraction of sp³-hybridized carbons (Fsp3) is 0.600. The molecule has 2 saturated heterocycles. The molecule has 0 aromatic heterocycles. The molecule has 2 fully saturated rings. The van der Waals surface area contributed by atoms with Gasteiger partial charge in [0, 0.05) is 38.8 Å². The normalized spacial score (nSPS) is 21.5. The molecule has 86 valence electrons. The van der Waals surface area contributed by atoms with Crippen molar-refractivity contribution in [2.24, 2.45) is 0 Å². The molecule has 0 unspecified atom stereocenters. The van der Waals surface area contributed by atoms with Gasteiger partial charge in [0.1, 0.15) is 0 Å². The van der Waals surface area contributed by atoms with Crippen LogP contribution in [0.25, 0.3) is 0 Å². The van der Waals surface area contributed by atoms with E-state index < -0.39 is 0 Å². The summed E-state index contributed by atoms with van der Waals surface area (Å²) in [5, 5.41) is 0. The summed E-state index contributed by atoms with van der Waals surface area (Å²) in [4.78, 5) is 27.4. The lowest BCUT2D eigenvalue weighted by Crippen LogP contribution is -2.39. The molecule has 0 N–H and O–H groups in total. The van der Waals surface area contributed by atoms with Crippen molar-refractivity contribution in [1.82, 2.24) is 9.80 Å². The lowest BCUT2D eigenvalue weighted by atomic mass is 10.4. The van der Waals surface area contributed by atoms with Gasteiger partial charge in [-0.1, -0.05) is 24.4 Å². The van der Waals surface area contributed by atoms with Gasteiger partial charge in [-0.3, -0.25) is 9.59 Å². The van der Waals surface area contributed by atoms with E-state index in [-0.39, 0.29) is 11.8 Å². The van der Waals surface area contributed by atoms with E-state index >= 15 is 0 Å². The number of likely N-dealkylation sites (tertiary alicyclic amines) is 2. The molecule has 2 rings (SSSR count). The van der Waals surface area contributed by atoms with E-state index in [2.05, 4.69) is 0 Å². The van der Waals surface area contributed by atoms with Gasteiger partial charge < -0.3 is 9.80 Å². The van der Waals surface area contributed by atoms with Crippen LogP contribution in [-0.4, -0.2) is 44.7 Å². The van der Waals surface area contributed by atoms with Crippen molar-refractivity contribution in [3.8, 4) is 0 Å². The molecule has 16 heavy (non-hydrogen) atoms. The maximum atomic E-state index is 11.5. The van der Waals surface area contributed by atoms with Gasteiger partial charge in [0.25, 0.3) is 0 Å². The maximum Gasteiger partial charge on any atom is 0.227 e. The predicted octanol–water partition coefficient (Wildman–Crippen LogP) is 0.886. The van der Waals surface area contributed by atoms with Crippen molar-refractivity contribution in [3.05, 3.63) is 0 Å². The highest BCUT2D eigenvalue weighted by atomic mass is 32.1. The minimum Gasteiger partial charge on any atom is -0.305 e. The lowest BCUT2D eigenvalue weighted by Gasteiger charge is -2.21. The van der Waals surface area contributed by atoms with Crippen LogP contribution >= 0.6 is 24.4 Å². The molecule has 6 heteroatoms. The van der Waals surface area contributed by atoms with E-state index in [4.69, 9.17) is 24.4 Å². The number of carbonyl (C=O) groups is 2. The van der Waals surface area contributed by atoms with Crippen molar-refractivity contribution in [3.63, 3.8) is 0 Å². The second-order valence-corrected chi connectivity index (χ2v) is 4.82. The second-order valence-electron chi connectivity index (χ2n) is 3.88. The topological polar surface area (TPSA) is 40.6 Å². The Morgan fingerprint density at radius 1 is 0.812 bits per heavy atom. The summed E-state index contributed by atoms with van der Waals surface area (Å²) in [6.45, 7) is 0.951. The van der Waals surface area contributed by atoms with Gasteiger partial charge in [-0.25, -0.2) is 0 Å². The Hall–Kier alpha value is -0.880. The van der Waals surface area contributed by atoms with Gasteiger partial charge in [0.05, 0.1) is 9.98 Å². The van der Waals surface area contributed by atoms with Crippen LogP contribution in [-0.2, 0) is 9.59 Å². The van der Waals surface area contributed by atoms with Crippen LogP contribution in [0.15, 0.2) is 0 Å². The van der Waals surface area contributed by atoms with Crippen molar-refractivity contribution in [2.75, 3.05) is 13.1 Å². The fourth-order valence-electron chi connectivity index (χ4n) is 1.94. The number of thiocarbonyl (C=S) groups is 2. The summed E-state index contributed by atoms with van der Waals surface area (Å²) < 4.78 is 0. The van der Waals surface area contributed by atoms with Gasteiger partial charge in [-0.2, -0.15) is 0 Å². The molecular formula is C10H12N2O2S2. The molecule has 2 aliphatic rings. The van der Waals surface area contributed by atoms with Crippen molar-refractivity contribution in [2.45, 2.75) is 25.7 Å². The molecule has 0 radical (unpaired) electrons. The Balaban J connectivity index is 1.92. The lowest BCUT2D eigenvalue weighted by molar-refractivity contribution is -0.128. The van der Waals surface area contributed by atoms with E-state index in [0.29, 0.717) is 48.7 Å². The zero-order valence-electron chi connectivity index (χ0n) is 8.77. The standard InChI is InChI=1S/C10H12N2O2S2/c13-7-1-3-9(15)11(7)5-6-12-8(14)2-4-10(12)16/h1-6H2. The molecule has 0 atom stereocenters. The smallest absolute Gasteiger partial charge is 0.227 e. The van der Waals surface area contributed by atoms with Gasteiger partial charge >= 0.3 is 0 Å². The SMILES string of the molecule is O=C1CCC(=S)N1CCN1C(=O)CCC1=S. The zero-order chi connectivity index (χ0) is 11.7. The molecule has 0 aromatic carbocycles. The molecule has 0 spiro atoms. The van der Waals surface area contributed by atoms with Crippen LogP contribution < -0.4 is 0 Å². The van der Waals surface area contributed by atoms with Gasteiger partial charge in [0.2, 0.25) is 11.8 Å². The molecule has 0 aliphatic carbocycles. The summed E-state index contributed by atoms with van der Waals surface area (Å²) in [7, 11) is 0. The Labute approximate surface area is 105 Å². The van der Waals surface area contributed by atoms with Crippen LogP contribution in [0.2, 0.25) is 0 Å². The third-order valence-electron chi connectivity index (χ3n) is 2.86. The fourth-order valence-corrected chi connectivity index (χ4v) is 2.53. The summed E-state index contributed by atoms with van der Waals surface area (Å²) in [5.74, 6) is 0.116. The summed E-state index contributed by atoms with van der Waals surface area (Å²) >= 11 is 10.2. The van der Waals surface area contributed by atoms with E-state index in [1.165, 1.54) is 0 Å². The highest BCUT2D eigenvalue weighted by Gasteiger charge is 2.29. The first-order chi connectivity index (χ1) is 7.59. The highest BCUT2D eigenvalue weighted by Crippen LogP contribution is 2.16. The summed E-state index contributed by atoms with van der Waals surface area (Å²) in [6, 6.07) is 0. The number of carbonyl (C=O) groups excluding carboxylic acids is 2. The minimum atomic E-state index is 0.0579. The molecule has 0 saturated carbocycles. The quantitative estimate of drug-likeness (QED) is 0.703. The number of hydrogen-bond donors (Lipinski definition) is 0. The van der Waals surface area contributed by atoms with Gasteiger partial charge in [-0.15, -0.1) is 0 Å². The predicted molar refractivity (Wildman–Crippen MR) is 67.1 cm³/mol. The average Bonchev–Trinajstić information content (AvgIpc) is 2.72. The summed E-state index contributed by atoms with van der Waals surface area (Å²) in [5.41, 5.74) is 0. The van der Waals surface area contributed by atoms with Gasteiger partial charge in [-0.05, 0) is 0 Å². The zero-order valence-corrected chi connectivity index (χ0v) is 10.4. The van der Waals surface area contributed by atoms with E-state index in [0.717, 1.165) is 0 Å². The molecule has 2 aliphatic heterocycles. The molecule has 4 nitrogen and oxygen atoms in total. The third-order valence-corrected chi connectivity index (χ3v) is 3.71. The molecule has 2 heterocycles. The first-order valence-corrected chi connectivity index (χ1v) is 6.07. The van der Waals surface area contributed by atoms with Crippen LogP contribution in [0.4, 0.5) is 0 Å². The molecular weight excluding hydrogens is 244 g/mol. The highest BCUT2D eigenvalue weighted by molar-refractivity contribution is 7.80. The number of rotatable bonds is 3. The Kier molecular flexibility index (Phi) is 3.30. The maximum absolute atomic E-state index is 11.5. The summed E-state index contributed by atoms with van der Waals surface area (Å²) in [6.07, 6.45) is 2.31. The number of hydrogen-bond acceptors (Lipinski definition) is 4. The Morgan fingerprint density at radius 2 is 1.19 bits per heavy atom. The van der Waals surface area contributed by atoms with Gasteiger partial charge in [0.15, 0.2) is 0 Å². The Morgan fingerprint density at radius 3 is 1.44 bits per heavy atom. The van der Waals surface area contributed by atoms with Crippen molar-refractivity contribution < 1.29 is 9.59 Å². The monoisotopic (exact) mass is 256 g/mol. The van der Waals surface area contributed by atoms with Crippen LogP contribution in [0.5, 0.6) is 0 Å². The van der Waals surface area contributed by atoms with Crippen LogP contribution in [0.1, 0.15) is 25.7 Å². The van der Waals surface area contributed by atoms with Crippen LogP contribution in [0, 0.1) is 0 Å². The first-order valence-electron chi connectivity index (χ1n) is 5.26. The minimum absolute atomic E-state index is 0.0579. The second kappa shape index (κ2) is 4.55. The molecule has 2 amide bonds. The first kappa shape index (κ1) is 11.6. The van der Waals surface area contributed by atoms with E-state index in [1.807, 2.05) is 0 Å². The third kappa shape index (κ3) is 2.12. The van der Waals surface area contributed by atoms with Crippen molar-refractivity contribution in [1.29, 1.82) is 0 Å². The number of amides is 2. The van der Waals surface area contributed by atoms with E-state index in [1.54, 1.807) is 9.80 Å². The number of nitrogens with zero attached hydrogens (tertiary/aromatic N) is 2. The van der Waals surface area contributed by atoms with Crippen molar-refractivity contribution >= 4 is 46.2 Å². The van der Waals surface area contributed by atoms with E-state index in [9.17, 15) is 9.59 Å². The van der Waals surface area contributed by atoms with Crippen LogP contribution in [0.3, 0.4) is 0 Å². The Bertz CT molecular complexity index is 313. The molecule has 0 bridgehead atoms. The molecule has 0 aromatic rings. The average molecular weight is 256 g/mol.